The summed E-state index contributed by atoms with van der Waals surface area (Å²) in [5, 5.41) is 0. The van der Waals surface area contributed by atoms with Crippen LogP contribution < -0.4 is 4.74 Å². The van der Waals surface area contributed by atoms with E-state index in [0.29, 0.717) is 12.2 Å². The van der Waals surface area contributed by atoms with Gasteiger partial charge in [-0.1, -0.05) is 53.7 Å². The van der Waals surface area contributed by atoms with Gasteiger partial charge in [-0.3, -0.25) is 4.79 Å². The fraction of sp³-hybridized carbons (Fsp3) is 0.650. The van der Waals surface area contributed by atoms with Gasteiger partial charge in [0.25, 0.3) is 0 Å². The molecule has 0 fully saturated rings. The van der Waals surface area contributed by atoms with E-state index >= 15 is 0 Å². The van der Waals surface area contributed by atoms with Crippen LogP contribution in [-0.2, 0) is 16.6 Å². The molecule has 0 saturated heterocycles. The van der Waals surface area contributed by atoms with E-state index < -0.39 is 0 Å². The lowest BCUT2D eigenvalue weighted by atomic mass is 9.85. The van der Waals surface area contributed by atoms with Gasteiger partial charge in [-0.25, -0.2) is 0 Å². The molecule has 0 aliphatic rings. The van der Waals surface area contributed by atoms with Crippen LogP contribution in [0.5, 0.6) is 5.75 Å². The maximum atomic E-state index is 11.7. The van der Waals surface area contributed by atoms with Crippen molar-refractivity contribution in [3.05, 3.63) is 29.3 Å². The Morgan fingerprint density at radius 2 is 1.91 bits per heavy atom. The van der Waals surface area contributed by atoms with Crippen molar-refractivity contribution in [2.45, 2.75) is 72.6 Å². The highest BCUT2D eigenvalue weighted by Crippen LogP contribution is 2.32. The second-order valence-corrected chi connectivity index (χ2v) is 7.40. The van der Waals surface area contributed by atoms with Gasteiger partial charge in [0.2, 0.25) is 0 Å². The van der Waals surface area contributed by atoms with E-state index in [1.54, 1.807) is 0 Å². The van der Waals surface area contributed by atoms with E-state index in [-0.39, 0.29) is 11.3 Å². The standard InChI is InChI=1S/C20H32O2/c1-7-13-22-19-12-11-16(14-17(19)20(4,5)6)9-8-10-18(21)15(2)3/h11-12,14-15H,7-10,13H2,1-6H3. The Kier molecular flexibility index (Phi) is 7.12. The first kappa shape index (κ1) is 18.7. The van der Waals surface area contributed by atoms with E-state index in [2.05, 4.69) is 45.9 Å². The molecule has 0 heterocycles. The lowest BCUT2D eigenvalue weighted by Crippen LogP contribution is -2.14. The van der Waals surface area contributed by atoms with E-state index in [1.807, 2.05) is 13.8 Å². The Bertz CT molecular complexity index is 481. The maximum absolute atomic E-state index is 11.7. The first-order valence-electron chi connectivity index (χ1n) is 8.54. The number of ether oxygens (including phenoxy) is 1. The van der Waals surface area contributed by atoms with Crippen molar-refractivity contribution in [3.8, 4) is 5.75 Å². The van der Waals surface area contributed by atoms with Crippen LogP contribution in [0.4, 0.5) is 0 Å². The average molecular weight is 304 g/mol. The number of Topliss-reactive ketones (excluding diaryl/α,β-unsaturated/α-hetero) is 1. The van der Waals surface area contributed by atoms with Crippen molar-refractivity contribution in [2.24, 2.45) is 5.92 Å². The van der Waals surface area contributed by atoms with Crippen LogP contribution in [0, 0.1) is 5.92 Å². The molecule has 0 bridgehead atoms. The lowest BCUT2D eigenvalue weighted by Gasteiger charge is -2.24. The second kappa shape index (κ2) is 8.36. The van der Waals surface area contributed by atoms with Crippen LogP contribution in [-0.4, -0.2) is 12.4 Å². The number of hydrogen-bond acceptors (Lipinski definition) is 2. The highest BCUT2D eigenvalue weighted by Gasteiger charge is 2.19. The molecule has 2 nitrogen and oxygen atoms in total. The minimum absolute atomic E-state index is 0.0623. The zero-order chi connectivity index (χ0) is 16.8. The number of carbonyl (C=O) groups is 1. The van der Waals surface area contributed by atoms with Gasteiger partial charge in [-0.05, 0) is 41.9 Å². The molecular formula is C20H32O2. The molecule has 22 heavy (non-hydrogen) atoms. The SMILES string of the molecule is CCCOc1ccc(CCCC(=O)C(C)C)cc1C(C)(C)C. The normalized spacial score (nSPS) is 11.8. The van der Waals surface area contributed by atoms with E-state index in [1.165, 1.54) is 11.1 Å². The number of hydrogen-bond donors (Lipinski definition) is 0. The topological polar surface area (TPSA) is 26.3 Å². The molecule has 1 aromatic rings. The van der Waals surface area contributed by atoms with Crippen LogP contribution in [0.25, 0.3) is 0 Å². The summed E-state index contributed by atoms with van der Waals surface area (Å²) in [7, 11) is 0. The molecule has 0 amide bonds. The third-order valence-electron chi connectivity index (χ3n) is 3.85. The van der Waals surface area contributed by atoms with Gasteiger partial charge in [0.05, 0.1) is 6.61 Å². The number of ketones is 1. The minimum atomic E-state index is 0.0623. The van der Waals surface area contributed by atoms with Gasteiger partial charge in [0.1, 0.15) is 11.5 Å². The average Bonchev–Trinajstić information content (AvgIpc) is 2.44. The molecular weight excluding hydrogens is 272 g/mol. The summed E-state index contributed by atoms with van der Waals surface area (Å²) in [6, 6.07) is 6.49. The molecule has 0 radical (unpaired) electrons. The van der Waals surface area contributed by atoms with Crippen LogP contribution in [0.3, 0.4) is 0 Å². The third-order valence-corrected chi connectivity index (χ3v) is 3.85. The molecule has 0 atom stereocenters. The zero-order valence-corrected chi connectivity index (χ0v) is 15.2. The highest BCUT2D eigenvalue weighted by atomic mass is 16.5. The molecule has 124 valence electrons. The Morgan fingerprint density at radius 3 is 2.45 bits per heavy atom. The number of carbonyl (C=O) groups excluding carboxylic acids is 1. The van der Waals surface area contributed by atoms with Gasteiger partial charge in [0, 0.05) is 12.3 Å². The fourth-order valence-electron chi connectivity index (χ4n) is 2.41. The molecule has 0 aliphatic carbocycles. The maximum Gasteiger partial charge on any atom is 0.135 e. The summed E-state index contributed by atoms with van der Waals surface area (Å²) in [5.74, 6) is 1.50. The third kappa shape index (κ3) is 5.82. The van der Waals surface area contributed by atoms with Crippen LogP contribution in [0.1, 0.15) is 71.9 Å². The number of aryl methyl sites for hydroxylation is 1. The Balaban J connectivity index is 2.79. The number of benzene rings is 1. The van der Waals surface area contributed by atoms with E-state index in [9.17, 15) is 4.79 Å². The van der Waals surface area contributed by atoms with Crippen molar-refractivity contribution in [3.63, 3.8) is 0 Å². The first-order valence-corrected chi connectivity index (χ1v) is 8.54. The minimum Gasteiger partial charge on any atom is -0.493 e. The van der Waals surface area contributed by atoms with Crippen LogP contribution in [0.2, 0.25) is 0 Å². The molecule has 1 rings (SSSR count). The quantitative estimate of drug-likeness (QED) is 0.649. The van der Waals surface area contributed by atoms with Crippen LogP contribution in [0.15, 0.2) is 18.2 Å². The van der Waals surface area contributed by atoms with Crippen molar-refractivity contribution in [1.29, 1.82) is 0 Å². The lowest BCUT2D eigenvalue weighted by molar-refractivity contribution is -0.121. The Labute approximate surface area is 136 Å². The summed E-state index contributed by atoms with van der Waals surface area (Å²) >= 11 is 0. The summed E-state index contributed by atoms with van der Waals surface area (Å²) in [5.41, 5.74) is 2.62. The van der Waals surface area contributed by atoms with E-state index in [0.717, 1.165) is 31.6 Å². The Morgan fingerprint density at radius 1 is 1.23 bits per heavy atom. The van der Waals surface area contributed by atoms with Gasteiger partial charge in [-0.15, -0.1) is 0 Å². The van der Waals surface area contributed by atoms with E-state index in [4.69, 9.17) is 4.74 Å². The molecule has 0 aromatic heterocycles. The molecule has 2 heteroatoms. The number of rotatable bonds is 8. The molecule has 0 unspecified atom stereocenters. The predicted molar refractivity (Wildman–Crippen MR) is 93.7 cm³/mol. The highest BCUT2D eigenvalue weighted by molar-refractivity contribution is 5.80. The summed E-state index contributed by atoms with van der Waals surface area (Å²) in [6.07, 6.45) is 3.57. The van der Waals surface area contributed by atoms with Crippen LogP contribution >= 0.6 is 0 Å². The van der Waals surface area contributed by atoms with Gasteiger partial charge in [0.15, 0.2) is 0 Å². The summed E-state index contributed by atoms with van der Waals surface area (Å²) < 4.78 is 5.89. The molecule has 0 spiro atoms. The van der Waals surface area contributed by atoms with Crippen molar-refractivity contribution >= 4 is 5.78 Å². The molecule has 1 aromatic carbocycles. The molecule has 0 saturated carbocycles. The van der Waals surface area contributed by atoms with Crippen molar-refractivity contribution in [2.75, 3.05) is 6.61 Å². The first-order chi connectivity index (χ1) is 10.3. The zero-order valence-electron chi connectivity index (χ0n) is 15.2. The predicted octanol–water partition coefficient (Wildman–Crippen LogP) is 5.32. The Hall–Kier alpha value is -1.31. The smallest absolute Gasteiger partial charge is 0.135 e. The largest absolute Gasteiger partial charge is 0.493 e. The fourth-order valence-corrected chi connectivity index (χ4v) is 2.41. The van der Waals surface area contributed by atoms with Crippen molar-refractivity contribution in [1.82, 2.24) is 0 Å². The molecule has 0 aliphatic heterocycles. The molecule has 0 N–H and O–H groups in total. The summed E-state index contributed by atoms with van der Waals surface area (Å²) in [6.45, 7) is 13.5. The monoisotopic (exact) mass is 304 g/mol. The van der Waals surface area contributed by atoms with Crippen molar-refractivity contribution < 1.29 is 9.53 Å². The van der Waals surface area contributed by atoms with Gasteiger partial charge >= 0.3 is 0 Å². The van der Waals surface area contributed by atoms with Gasteiger partial charge in [-0.2, -0.15) is 0 Å². The van der Waals surface area contributed by atoms with Gasteiger partial charge < -0.3 is 4.74 Å². The summed E-state index contributed by atoms with van der Waals surface area (Å²) in [4.78, 5) is 11.7. The second-order valence-electron chi connectivity index (χ2n) is 7.40.